The summed E-state index contributed by atoms with van der Waals surface area (Å²) in [6.07, 6.45) is 5.76. The van der Waals surface area contributed by atoms with Gasteiger partial charge in [0.25, 0.3) is 0 Å². The summed E-state index contributed by atoms with van der Waals surface area (Å²) in [6.45, 7) is 11.5. The molecule has 0 bridgehead atoms. The van der Waals surface area contributed by atoms with Crippen LogP contribution >= 0.6 is 0 Å². The van der Waals surface area contributed by atoms with Gasteiger partial charge in [-0.1, -0.05) is 12.1 Å². The Balaban J connectivity index is 1.43. The van der Waals surface area contributed by atoms with Gasteiger partial charge >= 0.3 is 0 Å². The molecule has 0 amide bonds. The third-order valence-electron chi connectivity index (χ3n) is 6.21. The summed E-state index contributed by atoms with van der Waals surface area (Å²) < 4.78 is 5.87. The Morgan fingerprint density at radius 1 is 1.07 bits per heavy atom. The van der Waals surface area contributed by atoms with Gasteiger partial charge in [0.05, 0.1) is 16.8 Å². The summed E-state index contributed by atoms with van der Waals surface area (Å²) >= 11 is 0. The molecule has 1 N–H and O–H groups in total. The highest BCUT2D eigenvalue weighted by molar-refractivity contribution is 5.82. The lowest BCUT2D eigenvalue weighted by Crippen LogP contribution is -2.47. The minimum atomic E-state index is 0.00126. The fraction of sp³-hybridized carbons (Fsp3) is 0.652. The SMILES string of the molecule is Cc1ccc2c(C)nc(N3CCC[C@@H](N[C@@H]4CCOC(C)(C)C4)CC3)nc2c1. The average Bonchev–Trinajstić information content (AvgIpc) is 2.86. The monoisotopic (exact) mass is 382 g/mol. The number of hydrogen-bond acceptors (Lipinski definition) is 5. The number of hydrogen-bond donors (Lipinski definition) is 1. The van der Waals surface area contributed by atoms with Gasteiger partial charge in [0.2, 0.25) is 5.95 Å². The molecule has 2 aliphatic heterocycles. The van der Waals surface area contributed by atoms with Crippen LogP contribution in [-0.4, -0.2) is 47.3 Å². The normalized spacial score (nSPS) is 25.6. The van der Waals surface area contributed by atoms with Gasteiger partial charge < -0.3 is 15.0 Å². The minimum absolute atomic E-state index is 0.00126. The first-order chi connectivity index (χ1) is 13.4. The number of nitrogens with one attached hydrogen (secondary N) is 1. The molecular formula is C23H34N4O. The Bertz CT molecular complexity index is 835. The topological polar surface area (TPSA) is 50.3 Å². The van der Waals surface area contributed by atoms with Gasteiger partial charge in [0.15, 0.2) is 0 Å². The van der Waals surface area contributed by atoms with Gasteiger partial charge in [-0.2, -0.15) is 0 Å². The molecule has 2 fully saturated rings. The van der Waals surface area contributed by atoms with Crippen molar-refractivity contribution in [1.82, 2.24) is 15.3 Å². The largest absolute Gasteiger partial charge is 0.375 e. The van der Waals surface area contributed by atoms with Crippen molar-refractivity contribution in [3.05, 3.63) is 29.5 Å². The number of ether oxygens (including phenoxy) is 1. The third-order valence-corrected chi connectivity index (χ3v) is 6.21. The molecular weight excluding hydrogens is 348 g/mol. The minimum Gasteiger partial charge on any atom is -0.375 e. The van der Waals surface area contributed by atoms with E-state index in [1.54, 1.807) is 0 Å². The highest BCUT2D eigenvalue weighted by Gasteiger charge is 2.30. The van der Waals surface area contributed by atoms with E-state index >= 15 is 0 Å². The van der Waals surface area contributed by atoms with Gasteiger partial charge in [-0.25, -0.2) is 9.97 Å². The first kappa shape index (κ1) is 19.6. The van der Waals surface area contributed by atoms with E-state index in [0.717, 1.165) is 61.5 Å². The summed E-state index contributed by atoms with van der Waals surface area (Å²) in [7, 11) is 0. The molecule has 2 aromatic rings. The maximum atomic E-state index is 5.87. The molecule has 0 aliphatic carbocycles. The molecule has 1 aromatic carbocycles. The van der Waals surface area contributed by atoms with Crippen LogP contribution < -0.4 is 10.2 Å². The standard InChI is InChI=1S/C23H34N4O/c1-16-7-8-20-17(2)24-22(26-21(20)14-16)27-11-5-6-18(9-12-27)25-19-10-13-28-23(3,4)15-19/h7-8,14,18-19,25H,5-6,9-13,15H2,1-4H3/t18-,19-/m1/s1. The number of rotatable bonds is 3. The van der Waals surface area contributed by atoms with E-state index < -0.39 is 0 Å². The predicted octanol–water partition coefficient (Wildman–Crippen LogP) is 4.15. The molecule has 0 spiro atoms. The number of nitrogens with zero attached hydrogens (tertiary/aromatic N) is 3. The van der Waals surface area contributed by atoms with Crippen molar-refractivity contribution >= 4 is 16.9 Å². The number of aromatic nitrogens is 2. The van der Waals surface area contributed by atoms with Crippen molar-refractivity contribution in [3.8, 4) is 0 Å². The number of anilines is 1. The van der Waals surface area contributed by atoms with Crippen LogP contribution in [0, 0.1) is 13.8 Å². The Morgan fingerprint density at radius 3 is 2.75 bits per heavy atom. The van der Waals surface area contributed by atoms with Gasteiger partial charge in [0.1, 0.15) is 0 Å². The Morgan fingerprint density at radius 2 is 1.93 bits per heavy atom. The van der Waals surface area contributed by atoms with Gasteiger partial charge in [-0.3, -0.25) is 0 Å². The van der Waals surface area contributed by atoms with Crippen LogP contribution in [-0.2, 0) is 4.74 Å². The second kappa shape index (κ2) is 7.96. The molecule has 5 nitrogen and oxygen atoms in total. The van der Waals surface area contributed by atoms with Crippen LogP contribution in [0.5, 0.6) is 0 Å². The summed E-state index contributed by atoms with van der Waals surface area (Å²) in [5, 5.41) is 5.08. The molecule has 152 valence electrons. The Labute approximate surface area is 168 Å². The van der Waals surface area contributed by atoms with E-state index in [4.69, 9.17) is 14.7 Å². The van der Waals surface area contributed by atoms with Gasteiger partial charge in [-0.15, -0.1) is 0 Å². The lowest BCUT2D eigenvalue weighted by atomic mass is 9.93. The summed E-state index contributed by atoms with van der Waals surface area (Å²) in [6, 6.07) is 7.59. The quantitative estimate of drug-likeness (QED) is 0.864. The van der Waals surface area contributed by atoms with Crippen LogP contribution in [0.3, 0.4) is 0 Å². The molecule has 5 heteroatoms. The van der Waals surface area contributed by atoms with Crippen LogP contribution in [0.2, 0.25) is 0 Å². The maximum Gasteiger partial charge on any atom is 0.226 e. The molecule has 0 unspecified atom stereocenters. The fourth-order valence-electron chi connectivity index (χ4n) is 4.69. The zero-order valence-electron chi connectivity index (χ0n) is 17.8. The Kier molecular flexibility index (Phi) is 5.57. The van der Waals surface area contributed by atoms with E-state index in [0.29, 0.717) is 12.1 Å². The predicted molar refractivity (Wildman–Crippen MR) is 115 cm³/mol. The van der Waals surface area contributed by atoms with Crippen molar-refractivity contribution in [3.63, 3.8) is 0 Å². The zero-order chi connectivity index (χ0) is 19.7. The first-order valence-electron chi connectivity index (χ1n) is 10.8. The highest BCUT2D eigenvalue weighted by atomic mass is 16.5. The number of fused-ring (bicyclic) bond motifs is 1. The van der Waals surface area contributed by atoms with Gasteiger partial charge in [0, 0.05) is 37.2 Å². The van der Waals surface area contributed by atoms with Crippen molar-refractivity contribution in [2.75, 3.05) is 24.6 Å². The summed E-state index contributed by atoms with van der Waals surface area (Å²) in [5.74, 6) is 0.892. The molecule has 4 rings (SSSR count). The number of benzene rings is 1. The lowest BCUT2D eigenvalue weighted by molar-refractivity contribution is -0.0642. The van der Waals surface area contributed by atoms with Crippen molar-refractivity contribution < 1.29 is 4.74 Å². The summed E-state index contributed by atoms with van der Waals surface area (Å²) in [4.78, 5) is 12.1. The molecule has 3 heterocycles. The van der Waals surface area contributed by atoms with E-state index in [9.17, 15) is 0 Å². The average molecular weight is 383 g/mol. The highest BCUT2D eigenvalue weighted by Crippen LogP contribution is 2.26. The molecule has 28 heavy (non-hydrogen) atoms. The van der Waals surface area contributed by atoms with Crippen LogP contribution in [0.1, 0.15) is 57.2 Å². The lowest BCUT2D eigenvalue weighted by Gasteiger charge is -2.37. The smallest absolute Gasteiger partial charge is 0.226 e. The first-order valence-corrected chi connectivity index (χ1v) is 10.8. The second-order valence-electron chi connectivity index (χ2n) is 9.21. The molecule has 2 saturated heterocycles. The zero-order valence-corrected chi connectivity index (χ0v) is 17.8. The third kappa shape index (κ3) is 4.47. The van der Waals surface area contributed by atoms with E-state index in [1.807, 2.05) is 0 Å². The molecule has 0 saturated carbocycles. The van der Waals surface area contributed by atoms with Crippen molar-refractivity contribution in [2.45, 2.75) is 77.5 Å². The van der Waals surface area contributed by atoms with Crippen LogP contribution in [0.15, 0.2) is 18.2 Å². The van der Waals surface area contributed by atoms with Gasteiger partial charge in [-0.05, 0) is 71.4 Å². The second-order valence-corrected chi connectivity index (χ2v) is 9.21. The fourth-order valence-corrected chi connectivity index (χ4v) is 4.69. The molecule has 1 aromatic heterocycles. The molecule has 2 aliphatic rings. The van der Waals surface area contributed by atoms with Crippen molar-refractivity contribution in [2.24, 2.45) is 0 Å². The number of aryl methyl sites for hydroxylation is 2. The Hall–Kier alpha value is -1.72. The van der Waals surface area contributed by atoms with Crippen LogP contribution in [0.4, 0.5) is 5.95 Å². The van der Waals surface area contributed by atoms with E-state index in [2.05, 4.69) is 56.1 Å². The molecule has 2 atom stereocenters. The van der Waals surface area contributed by atoms with E-state index in [-0.39, 0.29) is 5.60 Å². The molecule has 0 radical (unpaired) electrons. The maximum absolute atomic E-state index is 5.87. The van der Waals surface area contributed by atoms with Crippen LogP contribution in [0.25, 0.3) is 10.9 Å². The van der Waals surface area contributed by atoms with E-state index in [1.165, 1.54) is 18.4 Å². The van der Waals surface area contributed by atoms with Crippen molar-refractivity contribution in [1.29, 1.82) is 0 Å². The summed E-state index contributed by atoms with van der Waals surface area (Å²) in [5.41, 5.74) is 3.38.